The number of nitrogens with two attached hydrogens (primary N) is 2. The highest BCUT2D eigenvalue weighted by Crippen LogP contribution is 2.07. The summed E-state index contributed by atoms with van der Waals surface area (Å²) in [6.07, 6.45) is 4.29. The normalized spacial score (nSPS) is 15.0. The predicted octanol–water partition coefficient (Wildman–Crippen LogP) is -0.412. The third kappa shape index (κ3) is 8.74. The van der Waals surface area contributed by atoms with Crippen LogP contribution < -0.4 is 22.1 Å². The van der Waals surface area contributed by atoms with Crippen molar-refractivity contribution < 1.29 is 14.4 Å². The van der Waals surface area contributed by atoms with Crippen molar-refractivity contribution in [2.75, 3.05) is 6.54 Å². The van der Waals surface area contributed by atoms with Gasteiger partial charge in [-0.2, -0.15) is 0 Å². The van der Waals surface area contributed by atoms with Crippen molar-refractivity contribution in [3.8, 4) is 0 Å². The smallest absolute Gasteiger partial charge is 0.243 e. The molecule has 0 saturated carbocycles. The van der Waals surface area contributed by atoms with Gasteiger partial charge in [0.15, 0.2) is 0 Å². The highest BCUT2D eigenvalue weighted by molar-refractivity contribution is 5.90. The lowest BCUT2D eigenvalue weighted by atomic mass is 10.0. The van der Waals surface area contributed by atoms with Gasteiger partial charge in [-0.15, -0.1) is 0 Å². The van der Waals surface area contributed by atoms with Gasteiger partial charge in [-0.05, 0) is 45.1 Å². The van der Waals surface area contributed by atoms with E-state index in [2.05, 4.69) is 10.6 Å². The van der Waals surface area contributed by atoms with E-state index in [1.807, 2.05) is 20.1 Å². The molecule has 127 valence electrons. The molecule has 0 saturated heterocycles. The number of amides is 2. The van der Waals surface area contributed by atoms with Crippen LogP contribution in [0.5, 0.6) is 0 Å². The zero-order chi connectivity index (χ0) is 17.1. The summed E-state index contributed by atoms with van der Waals surface area (Å²) in [5, 5.41) is 5.23. The Hall–Kier alpha value is -1.47. The van der Waals surface area contributed by atoms with Crippen LogP contribution >= 0.6 is 0 Å². The van der Waals surface area contributed by atoms with Crippen LogP contribution in [0.2, 0.25) is 0 Å². The van der Waals surface area contributed by atoms with E-state index in [0.29, 0.717) is 19.4 Å². The minimum Gasteiger partial charge on any atom is -0.344 e. The third-order valence-electron chi connectivity index (χ3n) is 3.16. The average molecular weight is 313 g/mol. The molecule has 0 aromatic rings. The number of rotatable bonds is 11. The summed E-state index contributed by atoms with van der Waals surface area (Å²) < 4.78 is 0. The highest BCUT2D eigenvalue weighted by atomic mass is 16.2. The number of unbranched alkanes of at least 4 members (excludes halogenated alkanes) is 1. The van der Waals surface area contributed by atoms with Crippen LogP contribution in [0.4, 0.5) is 0 Å². The zero-order valence-corrected chi connectivity index (χ0v) is 13.7. The standard InChI is InChI=1S/C15H29N4O3/c1-10(2)8-13(19-14(21)11(3)17)15(22)18-12(9-20)6-4-5-7-16/h10-13H,4-8,16-17H2,1-3H3,(H,18,22)(H,19,21)/t11-,12+,13+/m1/s1. The van der Waals surface area contributed by atoms with Gasteiger partial charge in [0.25, 0.3) is 0 Å². The third-order valence-corrected chi connectivity index (χ3v) is 3.16. The fourth-order valence-electron chi connectivity index (χ4n) is 1.93. The molecule has 7 heteroatoms. The van der Waals surface area contributed by atoms with Gasteiger partial charge < -0.3 is 22.1 Å². The molecule has 0 bridgehead atoms. The second-order valence-electron chi connectivity index (χ2n) is 5.94. The van der Waals surface area contributed by atoms with E-state index in [4.69, 9.17) is 11.5 Å². The maximum absolute atomic E-state index is 12.3. The monoisotopic (exact) mass is 313 g/mol. The molecule has 2 amide bonds. The second-order valence-corrected chi connectivity index (χ2v) is 5.94. The Kier molecular flexibility index (Phi) is 10.4. The number of hydrogen-bond acceptors (Lipinski definition) is 5. The quantitative estimate of drug-likeness (QED) is 0.386. The second kappa shape index (κ2) is 11.1. The first-order valence-corrected chi connectivity index (χ1v) is 7.75. The van der Waals surface area contributed by atoms with E-state index in [1.165, 1.54) is 0 Å². The van der Waals surface area contributed by atoms with Crippen molar-refractivity contribution >= 4 is 18.1 Å². The van der Waals surface area contributed by atoms with Gasteiger partial charge in [-0.3, -0.25) is 14.4 Å². The van der Waals surface area contributed by atoms with E-state index in [1.54, 1.807) is 6.92 Å². The molecule has 1 radical (unpaired) electrons. The molecule has 0 aromatic heterocycles. The Balaban J connectivity index is 4.65. The molecule has 22 heavy (non-hydrogen) atoms. The first kappa shape index (κ1) is 20.5. The maximum atomic E-state index is 12.3. The molecule has 3 atom stereocenters. The Morgan fingerprint density at radius 2 is 1.73 bits per heavy atom. The molecule has 0 heterocycles. The molecular weight excluding hydrogens is 284 g/mol. The maximum Gasteiger partial charge on any atom is 0.243 e. The van der Waals surface area contributed by atoms with Crippen molar-refractivity contribution in [2.24, 2.45) is 17.4 Å². The molecular formula is C15H29N4O3. The number of nitrogens with one attached hydrogen (secondary N) is 2. The van der Waals surface area contributed by atoms with E-state index < -0.39 is 24.0 Å². The molecule has 0 spiro atoms. The van der Waals surface area contributed by atoms with Crippen molar-refractivity contribution in [1.29, 1.82) is 0 Å². The van der Waals surface area contributed by atoms with Crippen LogP contribution in [0.1, 0.15) is 46.5 Å². The van der Waals surface area contributed by atoms with E-state index in [0.717, 1.165) is 12.8 Å². The largest absolute Gasteiger partial charge is 0.344 e. The van der Waals surface area contributed by atoms with Crippen molar-refractivity contribution in [2.45, 2.75) is 64.6 Å². The van der Waals surface area contributed by atoms with Crippen LogP contribution in [-0.4, -0.2) is 42.8 Å². The van der Waals surface area contributed by atoms with Crippen molar-refractivity contribution in [3.63, 3.8) is 0 Å². The lowest BCUT2D eigenvalue weighted by Gasteiger charge is -2.22. The molecule has 0 fully saturated rings. The summed E-state index contributed by atoms with van der Waals surface area (Å²) >= 11 is 0. The number of carbonyl (C=O) groups is 2. The van der Waals surface area contributed by atoms with Gasteiger partial charge in [0.2, 0.25) is 18.1 Å². The average Bonchev–Trinajstić information content (AvgIpc) is 2.44. The molecule has 0 aromatic carbocycles. The molecule has 6 N–H and O–H groups in total. The van der Waals surface area contributed by atoms with E-state index in [-0.39, 0.29) is 11.8 Å². The van der Waals surface area contributed by atoms with Gasteiger partial charge in [-0.1, -0.05) is 13.8 Å². The fourth-order valence-corrected chi connectivity index (χ4v) is 1.93. The van der Waals surface area contributed by atoms with Crippen molar-refractivity contribution in [1.82, 2.24) is 10.6 Å². The van der Waals surface area contributed by atoms with Gasteiger partial charge in [-0.25, -0.2) is 0 Å². The summed E-state index contributed by atoms with van der Waals surface area (Å²) in [5.74, 6) is -0.570. The lowest BCUT2D eigenvalue weighted by molar-refractivity contribution is -0.130. The number of carbonyl (C=O) groups excluding carboxylic acids is 3. The first-order valence-electron chi connectivity index (χ1n) is 7.75. The summed E-state index contributed by atoms with van der Waals surface area (Å²) in [4.78, 5) is 34.9. The van der Waals surface area contributed by atoms with Gasteiger partial charge in [0.05, 0.1) is 12.1 Å². The minimum absolute atomic E-state index is 0.208. The Morgan fingerprint density at radius 3 is 2.18 bits per heavy atom. The van der Waals surface area contributed by atoms with Gasteiger partial charge in [0.1, 0.15) is 6.04 Å². The topological polar surface area (TPSA) is 127 Å². The predicted molar refractivity (Wildman–Crippen MR) is 85.6 cm³/mol. The van der Waals surface area contributed by atoms with Crippen LogP contribution in [0, 0.1) is 5.92 Å². The fraction of sp³-hybridized carbons (Fsp3) is 0.800. The highest BCUT2D eigenvalue weighted by Gasteiger charge is 2.25. The molecule has 0 aliphatic heterocycles. The SMILES string of the molecule is CC(C)C[C@H](NC(=O)[C@@H](C)N)C(=O)N[C@H]([C]=O)CCCCN. The Morgan fingerprint density at radius 1 is 1.09 bits per heavy atom. The van der Waals surface area contributed by atoms with Crippen LogP contribution in [0.15, 0.2) is 0 Å². The Bertz CT molecular complexity index is 359. The van der Waals surface area contributed by atoms with E-state index in [9.17, 15) is 14.4 Å². The molecule has 0 aliphatic rings. The van der Waals surface area contributed by atoms with Crippen molar-refractivity contribution in [3.05, 3.63) is 0 Å². The minimum atomic E-state index is -0.705. The summed E-state index contributed by atoms with van der Waals surface area (Å²) in [6.45, 7) is 5.99. The lowest BCUT2D eigenvalue weighted by Crippen LogP contribution is -2.53. The van der Waals surface area contributed by atoms with Gasteiger partial charge >= 0.3 is 0 Å². The summed E-state index contributed by atoms with van der Waals surface area (Å²) in [6, 6.07) is -2.08. The Labute approximate surface area is 132 Å². The molecule has 7 nitrogen and oxygen atoms in total. The molecule has 0 aliphatic carbocycles. The van der Waals surface area contributed by atoms with Crippen LogP contribution in [0.25, 0.3) is 0 Å². The van der Waals surface area contributed by atoms with E-state index >= 15 is 0 Å². The van der Waals surface area contributed by atoms with Crippen LogP contribution in [-0.2, 0) is 14.4 Å². The molecule has 0 unspecified atom stereocenters. The first-order chi connectivity index (χ1) is 10.3. The van der Waals surface area contributed by atoms with Crippen LogP contribution in [0.3, 0.4) is 0 Å². The molecule has 0 rings (SSSR count). The summed E-state index contributed by atoms with van der Waals surface area (Å²) in [7, 11) is 0. The summed E-state index contributed by atoms with van der Waals surface area (Å²) in [5.41, 5.74) is 10.9. The van der Waals surface area contributed by atoms with Gasteiger partial charge in [0, 0.05) is 0 Å². The number of hydrogen-bond donors (Lipinski definition) is 4. The zero-order valence-electron chi connectivity index (χ0n) is 13.7.